The summed E-state index contributed by atoms with van der Waals surface area (Å²) in [6, 6.07) is 6.55. The lowest BCUT2D eigenvalue weighted by molar-refractivity contribution is 0.484. The van der Waals surface area contributed by atoms with Crippen LogP contribution >= 0.6 is 0 Å². The molecule has 18 heavy (non-hydrogen) atoms. The number of hydrogen-bond acceptors (Lipinski definition) is 5. The average molecular weight is 246 g/mol. The molecular formula is C13H18N4O. The van der Waals surface area contributed by atoms with Crippen LogP contribution in [-0.4, -0.2) is 16.7 Å². The fourth-order valence-electron chi connectivity index (χ4n) is 1.73. The molecule has 2 N–H and O–H groups in total. The summed E-state index contributed by atoms with van der Waals surface area (Å²) in [5.74, 6) is 0.589. The molecule has 1 aromatic heterocycles. The van der Waals surface area contributed by atoms with Crippen LogP contribution in [0.5, 0.6) is 0 Å². The summed E-state index contributed by atoms with van der Waals surface area (Å²) in [6.07, 6.45) is 0. The summed E-state index contributed by atoms with van der Waals surface area (Å²) in [7, 11) is 0. The van der Waals surface area contributed by atoms with Crippen LogP contribution < -0.4 is 10.6 Å². The Morgan fingerprint density at radius 1 is 1.17 bits per heavy atom. The second-order valence-corrected chi connectivity index (χ2v) is 4.17. The number of rotatable bonds is 5. The van der Waals surface area contributed by atoms with Crippen molar-refractivity contribution >= 4 is 11.7 Å². The van der Waals surface area contributed by atoms with Gasteiger partial charge in [0.15, 0.2) is 0 Å². The fraction of sp³-hybridized carbons (Fsp3) is 0.385. The Morgan fingerprint density at radius 2 is 1.89 bits per heavy atom. The van der Waals surface area contributed by atoms with Crippen LogP contribution in [0.25, 0.3) is 0 Å². The van der Waals surface area contributed by atoms with Gasteiger partial charge in [0.1, 0.15) is 0 Å². The molecule has 0 aliphatic heterocycles. The van der Waals surface area contributed by atoms with Crippen LogP contribution in [0, 0.1) is 13.8 Å². The quantitative estimate of drug-likeness (QED) is 0.848. The van der Waals surface area contributed by atoms with E-state index in [4.69, 9.17) is 4.42 Å². The van der Waals surface area contributed by atoms with Gasteiger partial charge >= 0.3 is 6.01 Å². The first-order valence-electron chi connectivity index (χ1n) is 6.07. The largest absolute Gasteiger partial charge is 0.406 e. The molecule has 96 valence electrons. The van der Waals surface area contributed by atoms with E-state index in [1.165, 1.54) is 0 Å². The van der Waals surface area contributed by atoms with Crippen molar-refractivity contribution in [1.29, 1.82) is 0 Å². The second-order valence-electron chi connectivity index (χ2n) is 4.17. The molecule has 0 aliphatic rings. The Morgan fingerprint density at radius 3 is 2.56 bits per heavy atom. The predicted molar refractivity (Wildman–Crippen MR) is 70.9 cm³/mol. The van der Waals surface area contributed by atoms with Crippen molar-refractivity contribution in [2.75, 3.05) is 11.9 Å². The summed E-state index contributed by atoms with van der Waals surface area (Å²) in [4.78, 5) is 0. The van der Waals surface area contributed by atoms with E-state index in [1.54, 1.807) is 0 Å². The molecule has 0 aliphatic carbocycles. The van der Waals surface area contributed by atoms with Crippen LogP contribution in [0.15, 0.2) is 22.6 Å². The van der Waals surface area contributed by atoms with Gasteiger partial charge in [0.2, 0.25) is 5.89 Å². The number of hydrogen-bond donors (Lipinski definition) is 2. The molecule has 5 heteroatoms. The molecule has 0 saturated carbocycles. The van der Waals surface area contributed by atoms with Crippen molar-refractivity contribution in [2.24, 2.45) is 0 Å². The van der Waals surface area contributed by atoms with Crippen LogP contribution in [0.2, 0.25) is 0 Å². The maximum absolute atomic E-state index is 5.50. The Balaban J connectivity index is 2.11. The molecule has 1 heterocycles. The minimum Gasteiger partial charge on any atom is -0.406 e. The maximum atomic E-state index is 5.50. The molecule has 2 aromatic rings. The number of aryl methyl sites for hydroxylation is 2. The van der Waals surface area contributed by atoms with E-state index in [2.05, 4.69) is 20.8 Å². The number of para-hydroxylation sites is 1. The van der Waals surface area contributed by atoms with E-state index in [0.717, 1.165) is 23.4 Å². The van der Waals surface area contributed by atoms with Crippen molar-refractivity contribution in [2.45, 2.75) is 27.3 Å². The van der Waals surface area contributed by atoms with Gasteiger partial charge in [-0.3, -0.25) is 0 Å². The van der Waals surface area contributed by atoms with Crippen molar-refractivity contribution in [3.8, 4) is 0 Å². The summed E-state index contributed by atoms with van der Waals surface area (Å²) < 4.78 is 5.50. The van der Waals surface area contributed by atoms with Crippen molar-refractivity contribution in [1.82, 2.24) is 15.5 Å². The van der Waals surface area contributed by atoms with Crippen LogP contribution in [0.1, 0.15) is 23.9 Å². The molecule has 0 bridgehead atoms. The highest BCUT2D eigenvalue weighted by molar-refractivity contribution is 5.61. The Bertz CT molecular complexity index is 501. The van der Waals surface area contributed by atoms with Gasteiger partial charge in [0, 0.05) is 5.69 Å². The average Bonchev–Trinajstić information content (AvgIpc) is 2.79. The van der Waals surface area contributed by atoms with E-state index < -0.39 is 0 Å². The lowest BCUT2D eigenvalue weighted by atomic mass is 10.1. The molecule has 1 aromatic carbocycles. The van der Waals surface area contributed by atoms with Crippen LogP contribution in [-0.2, 0) is 6.54 Å². The zero-order chi connectivity index (χ0) is 13.0. The van der Waals surface area contributed by atoms with E-state index >= 15 is 0 Å². The van der Waals surface area contributed by atoms with Crippen molar-refractivity contribution in [3.63, 3.8) is 0 Å². The molecule has 0 radical (unpaired) electrons. The van der Waals surface area contributed by atoms with Crippen LogP contribution in [0.3, 0.4) is 0 Å². The molecule has 5 nitrogen and oxygen atoms in total. The second kappa shape index (κ2) is 5.64. The van der Waals surface area contributed by atoms with Gasteiger partial charge in [0.05, 0.1) is 6.54 Å². The van der Waals surface area contributed by atoms with Gasteiger partial charge in [-0.2, -0.15) is 0 Å². The third-order valence-corrected chi connectivity index (χ3v) is 2.71. The highest BCUT2D eigenvalue weighted by atomic mass is 16.4. The lowest BCUT2D eigenvalue weighted by Crippen LogP contribution is -2.11. The van der Waals surface area contributed by atoms with Crippen LogP contribution in [0.4, 0.5) is 11.7 Å². The SMILES string of the molecule is CCNCc1nnc(Nc2c(C)cccc2C)o1. The standard InChI is InChI=1S/C13H18N4O/c1-4-14-8-11-16-17-13(18-11)15-12-9(2)6-5-7-10(12)3/h5-7,14H,4,8H2,1-3H3,(H,15,17). The summed E-state index contributed by atoms with van der Waals surface area (Å²) in [5, 5.41) is 14.3. The summed E-state index contributed by atoms with van der Waals surface area (Å²) in [6.45, 7) is 7.60. The molecule has 0 fully saturated rings. The van der Waals surface area contributed by atoms with Crippen molar-refractivity contribution < 1.29 is 4.42 Å². The minimum absolute atomic E-state index is 0.431. The van der Waals surface area contributed by atoms with Gasteiger partial charge in [0.25, 0.3) is 0 Å². The monoisotopic (exact) mass is 246 g/mol. The molecule has 2 rings (SSSR count). The zero-order valence-electron chi connectivity index (χ0n) is 10.9. The molecule has 0 unspecified atom stereocenters. The molecule has 0 spiro atoms. The van der Waals surface area contributed by atoms with Gasteiger partial charge in [-0.05, 0) is 31.5 Å². The number of nitrogens with one attached hydrogen (secondary N) is 2. The topological polar surface area (TPSA) is 63.0 Å². The number of benzene rings is 1. The van der Waals surface area contributed by atoms with E-state index in [-0.39, 0.29) is 0 Å². The number of aromatic nitrogens is 2. The fourth-order valence-corrected chi connectivity index (χ4v) is 1.73. The maximum Gasteiger partial charge on any atom is 0.320 e. The first kappa shape index (κ1) is 12.6. The summed E-state index contributed by atoms with van der Waals surface area (Å²) >= 11 is 0. The normalized spacial score (nSPS) is 10.6. The van der Waals surface area contributed by atoms with Crippen molar-refractivity contribution in [3.05, 3.63) is 35.2 Å². The third kappa shape index (κ3) is 2.87. The zero-order valence-corrected chi connectivity index (χ0v) is 10.9. The number of anilines is 2. The Labute approximate surface area is 107 Å². The highest BCUT2D eigenvalue weighted by Crippen LogP contribution is 2.23. The number of nitrogens with zero attached hydrogens (tertiary/aromatic N) is 2. The molecule has 0 amide bonds. The first-order valence-corrected chi connectivity index (χ1v) is 6.07. The van der Waals surface area contributed by atoms with E-state index in [0.29, 0.717) is 18.5 Å². The lowest BCUT2D eigenvalue weighted by Gasteiger charge is -2.08. The Kier molecular flexibility index (Phi) is 3.94. The van der Waals surface area contributed by atoms with Gasteiger partial charge in [-0.15, -0.1) is 5.10 Å². The molecular weight excluding hydrogens is 228 g/mol. The van der Waals surface area contributed by atoms with E-state index in [1.807, 2.05) is 39.0 Å². The van der Waals surface area contributed by atoms with Gasteiger partial charge < -0.3 is 15.1 Å². The summed E-state index contributed by atoms with van der Waals surface area (Å²) in [5.41, 5.74) is 3.33. The van der Waals surface area contributed by atoms with E-state index in [9.17, 15) is 0 Å². The molecule has 0 atom stereocenters. The molecule has 0 saturated heterocycles. The highest BCUT2D eigenvalue weighted by Gasteiger charge is 2.08. The first-order chi connectivity index (χ1) is 8.70. The minimum atomic E-state index is 0.431. The van der Waals surface area contributed by atoms with Gasteiger partial charge in [-0.1, -0.05) is 30.2 Å². The van der Waals surface area contributed by atoms with Gasteiger partial charge in [-0.25, -0.2) is 0 Å². The smallest absolute Gasteiger partial charge is 0.320 e. The Hall–Kier alpha value is -1.88. The third-order valence-electron chi connectivity index (χ3n) is 2.71. The predicted octanol–water partition coefficient (Wildman–Crippen LogP) is 2.54.